The van der Waals surface area contributed by atoms with Crippen molar-refractivity contribution >= 4 is 19.5 Å². The SMILES string of the molecule is CCOC(=O)[C@@H](CCC(=O)OC(C)(C)C)P(=O)(OCC)OCC. The second kappa shape index (κ2) is 10.1. The van der Waals surface area contributed by atoms with Gasteiger partial charge in [0.15, 0.2) is 5.66 Å². The highest BCUT2D eigenvalue weighted by Crippen LogP contribution is 2.55. The lowest BCUT2D eigenvalue weighted by Gasteiger charge is -2.25. The van der Waals surface area contributed by atoms with E-state index in [0.717, 1.165) is 0 Å². The molecule has 0 amide bonds. The second-order valence-electron chi connectivity index (χ2n) is 5.77. The standard InChI is InChI=1S/C15H29O7P/c1-7-19-14(17)12(23(18,20-8-2)21-9-3)10-11-13(16)22-15(4,5)6/h12H,7-11H2,1-6H3/t12-/m1/s1. The van der Waals surface area contributed by atoms with Gasteiger partial charge in [0.25, 0.3) is 0 Å². The largest absolute Gasteiger partial charge is 0.465 e. The Hall–Kier alpha value is -0.910. The lowest BCUT2D eigenvalue weighted by molar-refractivity contribution is -0.155. The predicted molar refractivity (Wildman–Crippen MR) is 86.4 cm³/mol. The van der Waals surface area contributed by atoms with Gasteiger partial charge in [-0.25, -0.2) is 0 Å². The molecular formula is C15H29O7P. The maximum absolute atomic E-state index is 12.8. The molecule has 8 heteroatoms. The van der Waals surface area contributed by atoms with Crippen LogP contribution in [0, 0.1) is 0 Å². The normalized spacial score (nSPS) is 13.5. The summed E-state index contributed by atoms with van der Waals surface area (Å²) < 4.78 is 33.4. The molecule has 0 N–H and O–H groups in total. The zero-order valence-electron chi connectivity index (χ0n) is 14.9. The fraction of sp³-hybridized carbons (Fsp3) is 0.867. The third-order valence-electron chi connectivity index (χ3n) is 2.60. The molecule has 0 aromatic heterocycles. The lowest BCUT2D eigenvalue weighted by atomic mass is 10.2. The Morgan fingerprint density at radius 2 is 1.52 bits per heavy atom. The van der Waals surface area contributed by atoms with E-state index in [9.17, 15) is 14.2 Å². The minimum Gasteiger partial charge on any atom is -0.465 e. The molecule has 0 aliphatic heterocycles. The zero-order chi connectivity index (χ0) is 18.1. The number of hydrogen-bond acceptors (Lipinski definition) is 7. The Balaban J connectivity index is 5.11. The van der Waals surface area contributed by atoms with E-state index >= 15 is 0 Å². The van der Waals surface area contributed by atoms with Gasteiger partial charge in [0, 0.05) is 6.42 Å². The van der Waals surface area contributed by atoms with Crippen LogP contribution in [-0.2, 0) is 32.7 Å². The van der Waals surface area contributed by atoms with Crippen molar-refractivity contribution in [2.45, 2.75) is 65.6 Å². The van der Waals surface area contributed by atoms with E-state index in [4.69, 9.17) is 18.5 Å². The van der Waals surface area contributed by atoms with Crippen LogP contribution in [0.25, 0.3) is 0 Å². The van der Waals surface area contributed by atoms with Gasteiger partial charge in [-0.05, 0) is 48.0 Å². The van der Waals surface area contributed by atoms with E-state index in [1.807, 2.05) is 0 Å². The highest BCUT2D eigenvalue weighted by molar-refractivity contribution is 7.55. The van der Waals surface area contributed by atoms with Gasteiger partial charge in [-0.2, -0.15) is 0 Å². The first-order valence-corrected chi connectivity index (χ1v) is 9.48. The van der Waals surface area contributed by atoms with Crippen LogP contribution in [0.2, 0.25) is 0 Å². The Labute approximate surface area is 138 Å². The van der Waals surface area contributed by atoms with E-state index in [-0.39, 0.29) is 32.7 Å². The van der Waals surface area contributed by atoms with Crippen LogP contribution >= 0.6 is 7.60 Å². The van der Waals surface area contributed by atoms with Crippen molar-refractivity contribution in [3.8, 4) is 0 Å². The van der Waals surface area contributed by atoms with Crippen LogP contribution in [0.5, 0.6) is 0 Å². The van der Waals surface area contributed by atoms with E-state index in [2.05, 4.69) is 0 Å². The summed E-state index contributed by atoms with van der Waals surface area (Å²) in [5.41, 5.74) is -1.77. The third-order valence-corrected chi connectivity index (χ3v) is 5.07. The molecule has 0 rings (SSSR count). The summed E-state index contributed by atoms with van der Waals surface area (Å²) in [7, 11) is -3.71. The Bertz CT molecular complexity index is 418. The van der Waals surface area contributed by atoms with Gasteiger partial charge in [-0.3, -0.25) is 14.2 Å². The monoisotopic (exact) mass is 352 g/mol. The summed E-state index contributed by atoms with van der Waals surface area (Å²) >= 11 is 0. The molecule has 0 radical (unpaired) electrons. The fourth-order valence-electron chi connectivity index (χ4n) is 1.87. The highest BCUT2D eigenvalue weighted by Gasteiger charge is 2.42. The summed E-state index contributed by atoms with van der Waals surface area (Å²) in [6.45, 7) is 10.6. The van der Waals surface area contributed by atoms with Gasteiger partial charge in [0.05, 0.1) is 19.8 Å². The van der Waals surface area contributed by atoms with Crippen LogP contribution in [-0.4, -0.2) is 43.0 Å². The Morgan fingerprint density at radius 3 is 1.91 bits per heavy atom. The first-order valence-electron chi connectivity index (χ1n) is 7.86. The van der Waals surface area contributed by atoms with Gasteiger partial charge in [-0.15, -0.1) is 0 Å². The average Bonchev–Trinajstić information content (AvgIpc) is 2.37. The third kappa shape index (κ3) is 8.49. The summed E-state index contributed by atoms with van der Waals surface area (Å²) in [4.78, 5) is 24.0. The zero-order valence-corrected chi connectivity index (χ0v) is 15.8. The van der Waals surface area contributed by atoms with Gasteiger partial charge >= 0.3 is 19.5 Å². The minimum atomic E-state index is -3.71. The highest BCUT2D eigenvalue weighted by atomic mass is 31.2. The number of esters is 2. The molecule has 0 saturated heterocycles. The summed E-state index contributed by atoms with van der Waals surface area (Å²) in [6.07, 6.45) is -0.101. The topological polar surface area (TPSA) is 88.1 Å². The van der Waals surface area contributed by atoms with Crippen LogP contribution < -0.4 is 0 Å². The molecule has 136 valence electrons. The predicted octanol–water partition coefficient (Wildman–Crippen LogP) is 3.31. The van der Waals surface area contributed by atoms with Gasteiger partial charge < -0.3 is 18.5 Å². The smallest absolute Gasteiger partial charge is 0.344 e. The van der Waals surface area contributed by atoms with E-state index < -0.39 is 30.8 Å². The minimum absolute atomic E-state index is 0.0228. The number of carbonyl (C=O) groups excluding carboxylic acids is 2. The van der Waals surface area contributed by atoms with Crippen molar-refractivity contribution in [2.75, 3.05) is 19.8 Å². The Kier molecular flexibility index (Phi) is 9.66. The maximum atomic E-state index is 12.8. The molecule has 0 saturated carbocycles. The molecule has 0 aromatic carbocycles. The maximum Gasteiger partial charge on any atom is 0.344 e. The molecule has 7 nitrogen and oxygen atoms in total. The molecule has 0 aliphatic rings. The number of hydrogen-bond donors (Lipinski definition) is 0. The summed E-state index contributed by atoms with van der Waals surface area (Å²) in [5, 5.41) is 0. The van der Waals surface area contributed by atoms with Gasteiger partial charge in [-0.1, -0.05) is 0 Å². The van der Waals surface area contributed by atoms with Crippen molar-refractivity contribution in [1.82, 2.24) is 0 Å². The van der Waals surface area contributed by atoms with Crippen LogP contribution in [0.1, 0.15) is 54.4 Å². The van der Waals surface area contributed by atoms with Crippen molar-refractivity contribution in [3.05, 3.63) is 0 Å². The van der Waals surface area contributed by atoms with E-state index in [1.165, 1.54) is 0 Å². The molecule has 0 unspecified atom stereocenters. The number of rotatable bonds is 10. The second-order valence-corrected chi connectivity index (χ2v) is 7.99. The fourth-order valence-corrected chi connectivity index (χ4v) is 3.80. The number of ether oxygens (including phenoxy) is 2. The first-order chi connectivity index (χ1) is 10.6. The van der Waals surface area contributed by atoms with Crippen molar-refractivity contribution < 1.29 is 32.7 Å². The van der Waals surface area contributed by atoms with E-state index in [1.54, 1.807) is 41.5 Å². The first kappa shape index (κ1) is 22.1. The summed E-state index contributed by atoms with van der Waals surface area (Å²) in [6, 6.07) is 0. The summed E-state index contributed by atoms with van der Waals surface area (Å²) in [5.74, 6) is -1.17. The van der Waals surface area contributed by atoms with Crippen LogP contribution in [0.3, 0.4) is 0 Å². The number of carbonyl (C=O) groups is 2. The lowest BCUT2D eigenvalue weighted by Crippen LogP contribution is -2.29. The molecule has 1 atom stereocenters. The van der Waals surface area contributed by atoms with Crippen LogP contribution in [0.15, 0.2) is 0 Å². The van der Waals surface area contributed by atoms with Crippen molar-refractivity contribution in [1.29, 1.82) is 0 Å². The molecule has 0 fully saturated rings. The van der Waals surface area contributed by atoms with E-state index in [0.29, 0.717) is 0 Å². The van der Waals surface area contributed by atoms with Crippen LogP contribution in [0.4, 0.5) is 0 Å². The molecule has 0 heterocycles. The molecule has 0 aliphatic carbocycles. The Morgan fingerprint density at radius 1 is 1.00 bits per heavy atom. The molecule has 23 heavy (non-hydrogen) atoms. The molecular weight excluding hydrogens is 323 g/mol. The van der Waals surface area contributed by atoms with Crippen molar-refractivity contribution in [3.63, 3.8) is 0 Å². The van der Waals surface area contributed by atoms with Gasteiger partial charge in [0.1, 0.15) is 5.60 Å². The van der Waals surface area contributed by atoms with Gasteiger partial charge in [0.2, 0.25) is 0 Å². The molecule has 0 spiro atoms. The van der Waals surface area contributed by atoms with Crippen molar-refractivity contribution in [2.24, 2.45) is 0 Å². The average molecular weight is 352 g/mol. The quantitative estimate of drug-likeness (QED) is 0.440. The molecule has 0 aromatic rings. The molecule has 0 bridgehead atoms.